The van der Waals surface area contributed by atoms with Gasteiger partial charge in [0.25, 0.3) is 0 Å². The second-order valence-electron chi connectivity index (χ2n) is 9.11. The minimum absolute atomic E-state index is 0.613. The number of aromatic nitrogens is 1. The van der Waals surface area contributed by atoms with Gasteiger partial charge in [-0.25, -0.2) is 0 Å². The van der Waals surface area contributed by atoms with Crippen molar-refractivity contribution in [2.24, 2.45) is 4.99 Å². The van der Waals surface area contributed by atoms with Crippen molar-refractivity contribution in [2.75, 3.05) is 18.4 Å². The lowest BCUT2D eigenvalue weighted by Gasteiger charge is -2.21. The van der Waals surface area contributed by atoms with Crippen molar-refractivity contribution in [3.8, 4) is 11.3 Å². The molecule has 5 rings (SSSR count). The minimum atomic E-state index is 0.613. The lowest BCUT2D eigenvalue weighted by Crippen LogP contribution is -2.19. The topological polar surface area (TPSA) is 52.2 Å². The summed E-state index contributed by atoms with van der Waals surface area (Å²) in [5, 5.41) is 8.40. The Labute approximate surface area is 185 Å². The smallest absolute Gasteiger partial charge is 0.128 e. The Morgan fingerprint density at radius 1 is 0.774 bits per heavy atom. The largest absolute Gasteiger partial charge is 0.382 e. The summed E-state index contributed by atoms with van der Waals surface area (Å²) in [6.45, 7) is 1.81. The van der Waals surface area contributed by atoms with Crippen LogP contribution in [0.4, 0.5) is 5.69 Å². The molecule has 1 fully saturated rings. The van der Waals surface area contributed by atoms with E-state index in [1.807, 2.05) is 0 Å². The molecule has 2 aromatic carbocycles. The fourth-order valence-corrected chi connectivity index (χ4v) is 4.96. The second kappa shape index (κ2) is 9.59. The molecule has 1 aromatic heterocycles. The summed E-state index contributed by atoms with van der Waals surface area (Å²) >= 11 is 0. The zero-order valence-corrected chi connectivity index (χ0v) is 18.4. The van der Waals surface area contributed by atoms with Crippen LogP contribution in [-0.2, 0) is 0 Å². The molecule has 4 nitrogen and oxygen atoms in total. The summed E-state index contributed by atoms with van der Waals surface area (Å²) < 4.78 is 0. The predicted molar refractivity (Wildman–Crippen MR) is 132 cm³/mol. The van der Waals surface area contributed by atoms with Gasteiger partial charge >= 0.3 is 0 Å². The molecule has 0 spiro atoms. The van der Waals surface area contributed by atoms with Crippen molar-refractivity contribution < 1.29 is 0 Å². The maximum atomic E-state index is 4.54. The third-order valence-corrected chi connectivity index (χ3v) is 6.74. The highest BCUT2D eigenvalue weighted by molar-refractivity contribution is 6.03. The first kappa shape index (κ1) is 20.2. The Kier molecular flexibility index (Phi) is 6.24. The van der Waals surface area contributed by atoms with E-state index in [1.54, 1.807) is 0 Å². The average molecular weight is 415 g/mol. The molecule has 0 unspecified atom stereocenters. The van der Waals surface area contributed by atoms with E-state index in [2.05, 4.69) is 69.1 Å². The van der Waals surface area contributed by atoms with Crippen LogP contribution in [0.2, 0.25) is 0 Å². The van der Waals surface area contributed by atoms with Crippen LogP contribution in [0.1, 0.15) is 63.4 Å². The molecule has 1 saturated carbocycles. The van der Waals surface area contributed by atoms with Crippen LogP contribution >= 0.6 is 0 Å². The number of fused-ring (bicyclic) bond motifs is 1. The Morgan fingerprint density at radius 2 is 1.48 bits per heavy atom. The minimum Gasteiger partial charge on any atom is -0.382 e. The van der Waals surface area contributed by atoms with Crippen molar-refractivity contribution in [3.63, 3.8) is 0 Å². The monoisotopic (exact) mass is 414 g/mol. The molecule has 0 bridgehead atoms. The maximum Gasteiger partial charge on any atom is 0.128 e. The standard InChI is InChI=1S/C27H34N4/c1-2-4-6-8-23(9-7-5-3-1)30-24-13-10-20(11-14-24)26-19-22-18-21(12-15-25(22)31-26)27-28-16-17-29-27/h10-15,18-19,23,30-31H,1-9,16-17H2,(H,28,29). The van der Waals surface area contributed by atoms with E-state index in [-0.39, 0.29) is 0 Å². The molecule has 31 heavy (non-hydrogen) atoms. The van der Waals surface area contributed by atoms with E-state index in [0.717, 1.165) is 18.9 Å². The van der Waals surface area contributed by atoms with Crippen LogP contribution < -0.4 is 10.6 Å². The highest BCUT2D eigenvalue weighted by Gasteiger charge is 2.12. The number of rotatable bonds is 4. The van der Waals surface area contributed by atoms with Crippen molar-refractivity contribution in [2.45, 2.75) is 63.8 Å². The first-order valence-corrected chi connectivity index (χ1v) is 12.1. The van der Waals surface area contributed by atoms with Gasteiger partial charge in [-0.05, 0) is 54.8 Å². The molecule has 2 heterocycles. The number of hydrogen-bond acceptors (Lipinski definition) is 3. The molecule has 1 aliphatic carbocycles. The van der Waals surface area contributed by atoms with Gasteiger partial charge in [-0.3, -0.25) is 4.99 Å². The maximum absolute atomic E-state index is 4.54. The highest BCUT2D eigenvalue weighted by atomic mass is 15.1. The molecule has 162 valence electrons. The van der Waals surface area contributed by atoms with Gasteiger partial charge in [0.15, 0.2) is 0 Å². The normalized spacial score (nSPS) is 18.5. The zero-order chi connectivity index (χ0) is 20.9. The van der Waals surface area contributed by atoms with Gasteiger partial charge in [-0.2, -0.15) is 0 Å². The van der Waals surface area contributed by atoms with E-state index in [1.165, 1.54) is 91.2 Å². The molecule has 3 N–H and O–H groups in total. The van der Waals surface area contributed by atoms with Crippen molar-refractivity contribution in [1.82, 2.24) is 10.3 Å². The van der Waals surface area contributed by atoms with E-state index in [4.69, 9.17) is 0 Å². The number of anilines is 1. The van der Waals surface area contributed by atoms with Gasteiger partial charge in [-0.1, -0.05) is 57.1 Å². The fourth-order valence-electron chi connectivity index (χ4n) is 4.96. The molecule has 0 atom stereocenters. The number of hydrogen-bond donors (Lipinski definition) is 3. The fraction of sp³-hybridized carbons (Fsp3) is 0.444. The number of aromatic amines is 1. The van der Waals surface area contributed by atoms with Gasteiger partial charge in [0.2, 0.25) is 0 Å². The van der Waals surface area contributed by atoms with Gasteiger partial charge in [0.1, 0.15) is 5.84 Å². The Balaban J connectivity index is 1.28. The van der Waals surface area contributed by atoms with E-state index in [9.17, 15) is 0 Å². The lowest BCUT2D eigenvalue weighted by atomic mass is 9.97. The summed E-state index contributed by atoms with van der Waals surface area (Å²) in [6.07, 6.45) is 12.4. The zero-order valence-electron chi connectivity index (χ0n) is 18.4. The summed E-state index contributed by atoms with van der Waals surface area (Å²) in [4.78, 5) is 8.12. The molecular formula is C27H34N4. The number of benzene rings is 2. The Hall–Kier alpha value is -2.75. The number of nitrogens with one attached hydrogen (secondary N) is 3. The highest BCUT2D eigenvalue weighted by Crippen LogP contribution is 2.27. The van der Waals surface area contributed by atoms with Crippen LogP contribution in [0.5, 0.6) is 0 Å². The lowest BCUT2D eigenvalue weighted by molar-refractivity contribution is 0.477. The van der Waals surface area contributed by atoms with Crippen molar-refractivity contribution in [3.05, 3.63) is 54.1 Å². The van der Waals surface area contributed by atoms with E-state index >= 15 is 0 Å². The van der Waals surface area contributed by atoms with Gasteiger partial charge in [0.05, 0.1) is 6.54 Å². The molecule has 4 heteroatoms. The van der Waals surface area contributed by atoms with E-state index in [0.29, 0.717) is 6.04 Å². The molecule has 0 amide bonds. The molecular weight excluding hydrogens is 380 g/mol. The Bertz CT molecular complexity index is 1020. The first-order chi connectivity index (χ1) is 15.3. The number of nitrogens with zero attached hydrogens (tertiary/aromatic N) is 1. The summed E-state index contributed by atoms with van der Waals surface area (Å²) in [7, 11) is 0. The van der Waals surface area contributed by atoms with Crippen molar-refractivity contribution >= 4 is 22.4 Å². The quantitative estimate of drug-likeness (QED) is 0.457. The SMILES string of the molecule is c1cc(-c2cc3cc(C4=NCCN4)ccc3[nH]2)ccc1NC1CCCCCCCCC1. The van der Waals surface area contributed by atoms with Crippen LogP contribution in [0.15, 0.2) is 53.5 Å². The number of amidine groups is 1. The van der Waals surface area contributed by atoms with Crippen LogP contribution in [0.3, 0.4) is 0 Å². The summed E-state index contributed by atoms with van der Waals surface area (Å²) in [5.41, 5.74) is 5.97. The van der Waals surface area contributed by atoms with Gasteiger partial charge < -0.3 is 15.6 Å². The molecule has 3 aromatic rings. The van der Waals surface area contributed by atoms with Crippen LogP contribution in [-0.4, -0.2) is 30.0 Å². The molecule has 2 aliphatic rings. The van der Waals surface area contributed by atoms with Gasteiger partial charge in [0, 0.05) is 40.4 Å². The van der Waals surface area contributed by atoms with Crippen LogP contribution in [0, 0.1) is 0 Å². The Morgan fingerprint density at radius 3 is 2.19 bits per heavy atom. The molecule has 0 radical (unpaired) electrons. The number of aliphatic imine (C=N–C) groups is 1. The molecule has 0 saturated heterocycles. The summed E-state index contributed by atoms with van der Waals surface area (Å²) in [5.74, 6) is 1.01. The van der Waals surface area contributed by atoms with Crippen LogP contribution in [0.25, 0.3) is 22.2 Å². The van der Waals surface area contributed by atoms with Crippen molar-refractivity contribution in [1.29, 1.82) is 0 Å². The first-order valence-electron chi connectivity index (χ1n) is 12.1. The third kappa shape index (κ3) is 4.95. The van der Waals surface area contributed by atoms with Gasteiger partial charge in [-0.15, -0.1) is 0 Å². The number of H-pyrrole nitrogens is 1. The van der Waals surface area contributed by atoms with E-state index < -0.39 is 0 Å². The second-order valence-corrected chi connectivity index (χ2v) is 9.11. The molecule has 1 aliphatic heterocycles. The predicted octanol–water partition coefficient (Wildman–Crippen LogP) is 6.49. The average Bonchev–Trinajstić information content (AvgIpc) is 3.48. The third-order valence-electron chi connectivity index (χ3n) is 6.74. The summed E-state index contributed by atoms with van der Waals surface area (Å²) in [6, 6.07) is 18.3.